The quantitative estimate of drug-likeness (QED) is 0.912. The molecule has 2 heterocycles. The van der Waals surface area contributed by atoms with Gasteiger partial charge in [-0.2, -0.15) is 0 Å². The number of halogens is 1. The number of aromatic nitrogens is 2. The van der Waals surface area contributed by atoms with Gasteiger partial charge in [0.15, 0.2) is 0 Å². The zero-order valence-electron chi connectivity index (χ0n) is 14.8. The summed E-state index contributed by atoms with van der Waals surface area (Å²) in [6.45, 7) is 4.97. The fourth-order valence-corrected chi connectivity index (χ4v) is 3.42. The molecule has 25 heavy (non-hydrogen) atoms. The van der Waals surface area contributed by atoms with E-state index in [9.17, 15) is 9.59 Å². The lowest BCUT2D eigenvalue weighted by atomic mass is 9.96. The molecular formula is C18H23ClN4O2. The van der Waals surface area contributed by atoms with E-state index < -0.39 is 0 Å². The largest absolute Gasteiger partial charge is 0.342 e. The molecule has 0 saturated carbocycles. The van der Waals surface area contributed by atoms with Crippen LogP contribution >= 0.6 is 11.6 Å². The topological polar surface area (TPSA) is 67.2 Å². The number of nitrogens with zero attached hydrogens (tertiary/aromatic N) is 3. The first-order valence-electron chi connectivity index (χ1n) is 8.58. The number of hydrogen-bond acceptors (Lipinski definition) is 3. The Bertz CT molecular complexity index is 815. The standard InChI is InChI=1S/C18H23ClN4O2/c1-11(2)17(25)23-8-4-5-12(10-23)16(24)21-18-20-14-9-13(19)6-7-15(14)22(18)3/h6-7,9,11-12H,4-5,8,10H2,1-3H3,(H,20,21,24). The lowest BCUT2D eigenvalue weighted by Crippen LogP contribution is -2.45. The Balaban J connectivity index is 1.74. The van der Waals surface area contributed by atoms with Crippen LogP contribution in [0.4, 0.5) is 5.95 Å². The van der Waals surface area contributed by atoms with E-state index in [4.69, 9.17) is 11.6 Å². The lowest BCUT2D eigenvalue weighted by molar-refractivity contribution is -0.137. The van der Waals surface area contributed by atoms with E-state index in [-0.39, 0.29) is 23.7 Å². The van der Waals surface area contributed by atoms with Crippen LogP contribution < -0.4 is 5.32 Å². The number of carbonyl (C=O) groups is 2. The minimum absolute atomic E-state index is 0.0496. The van der Waals surface area contributed by atoms with Crippen LogP contribution in [-0.4, -0.2) is 39.4 Å². The highest BCUT2D eigenvalue weighted by Gasteiger charge is 2.30. The summed E-state index contributed by atoms with van der Waals surface area (Å²) < 4.78 is 1.84. The monoisotopic (exact) mass is 362 g/mol. The van der Waals surface area contributed by atoms with E-state index in [2.05, 4.69) is 10.3 Å². The maximum Gasteiger partial charge on any atom is 0.231 e. The highest BCUT2D eigenvalue weighted by molar-refractivity contribution is 6.31. The summed E-state index contributed by atoms with van der Waals surface area (Å²) in [5.41, 5.74) is 1.64. The van der Waals surface area contributed by atoms with Crippen LogP contribution in [0.1, 0.15) is 26.7 Å². The van der Waals surface area contributed by atoms with Crippen molar-refractivity contribution in [3.63, 3.8) is 0 Å². The molecule has 1 aromatic heterocycles. The number of hydrogen-bond donors (Lipinski definition) is 1. The Labute approximate surface area is 152 Å². The maximum absolute atomic E-state index is 12.7. The van der Waals surface area contributed by atoms with Crippen LogP contribution in [-0.2, 0) is 16.6 Å². The Morgan fingerprint density at radius 2 is 2.12 bits per heavy atom. The van der Waals surface area contributed by atoms with Crippen molar-refractivity contribution >= 4 is 40.4 Å². The first kappa shape index (κ1) is 17.7. The first-order chi connectivity index (χ1) is 11.9. The lowest BCUT2D eigenvalue weighted by Gasteiger charge is -2.33. The number of rotatable bonds is 3. The summed E-state index contributed by atoms with van der Waals surface area (Å²) in [6.07, 6.45) is 1.62. The Morgan fingerprint density at radius 3 is 2.84 bits per heavy atom. The van der Waals surface area contributed by atoms with E-state index in [1.807, 2.05) is 31.5 Å². The van der Waals surface area contributed by atoms with Gasteiger partial charge in [-0.1, -0.05) is 25.4 Å². The number of carbonyl (C=O) groups excluding carboxylic acids is 2. The molecule has 0 spiro atoms. The van der Waals surface area contributed by atoms with E-state index in [1.54, 1.807) is 17.0 Å². The Kier molecular flexibility index (Phi) is 4.99. The molecular weight excluding hydrogens is 340 g/mol. The van der Waals surface area contributed by atoms with Crippen LogP contribution in [0.25, 0.3) is 11.0 Å². The summed E-state index contributed by atoms with van der Waals surface area (Å²) in [5, 5.41) is 3.52. The van der Waals surface area contributed by atoms with Crippen LogP contribution in [0.3, 0.4) is 0 Å². The molecule has 1 aliphatic heterocycles. The maximum atomic E-state index is 12.7. The first-order valence-corrected chi connectivity index (χ1v) is 8.96. The van der Waals surface area contributed by atoms with Gasteiger partial charge in [0.25, 0.3) is 0 Å². The summed E-state index contributed by atoms with van der Waals surface area (Å²) in [6, 6.07) is 5.45. The third kappa shape index (κ3) is 3.63. The molecule has 3 rings (SSSR count). The van der Waals surface area contributed by atoms with Crippen molar-refractivity contribution in [1.29, 1.82) is 0 Å². The summed E-state index contributed by atoms with van der Waals surface area (Å²) in [4.78, 5) is 31.1. The Hall–Kier alpha value is -2.08. The molecule has 1 unspecified atom stereocenters. The molecule has 1 N–H and O–H groups in total. The molecule has 1 fully saturated rings. The zero-order chi connectivity index (χ0) is 18.1. The summed E-state index contributed by atoms with van der Waals surface area (Å²) >= 11 is 6.00. The summed E-state index contributed by atoms with van der Waals surface area (Å²) in [5.74, 6) is 0.251. The average Bonchev–Trinajstić information content (AvgIpc) is 2.89. The minimum atomic E-state index is -0.208. The number of aryl methyl sites for hydroxylation is 1. The highest BCUT2D eigenvalue weighted by atomic mass is 35.5. The van der Waals surface area contributed by atoms with Gasteiger partial charge in [0, 0.05) is 31.1 Å². The third-order valence-electron chi connectivity index (χ3n) is 4.68. The highest BCUT2D eigenvalue weighted by Crippen LogP contribution is 2.24. The molecule has 1 aromatic carbocycles. The number of nitrogens with one attached hydrogen (secondary N) is 1. The van der Waals surface area contributed by atoms with Crippen molar-refractivity contribution in [2.24, 2.45) is 18.9 Å². The van der Waals surface area contributed by atoms with Crippen molar-refractivity contribution in [3.05, 3.63) is 23.2 Å². The molecule has 0 aliphatic carbocycles. The van der Waals surface area contributed by atoms with Crippen LogP contribution in [0.5, 0.6) is 0 Å². The third-order valence-corrected chi connectivity index (χ3v) is 4.91. The van der Waals surface area contributed by atoms with Crippen molar-refractivity contribution in [2.75, 3.05) is 18.4 Å². The van der Waals surface area contributed by atoms with Gasteiger partial charge in [-0.25, -0.2) is 4.98 Å². The van der Waals surface area contributed by atoms with Gasteiger partial charge >= 0.3 is 0 Å². The van der Waals surface area contributed by atoms with E-state index in [0.717, 1.165) is 30.4 Å². The SMILES string of the molecule is CC(C)C(=O)N1CCCC(C(=O)Nc2nc3cc(Cl)ccc3n2C)C1. The van der Waals surface area contributed by atoms with E-state index >= 15 is 0 Å². The molecule has 134 valence electrons. The van der Waals surface area contributed by atoms with Crippen LogP contribution in [0, 0.1) is 11.8 Å². The average molecular weight is 363 g/mol. The summed E-state index contributed by atoms with van der Waals surface area (Å²) in [7, 11) is 1.86. The molecule has 0 bridgehead atoms. The number of anilines is 1. The predicted molar refractivity (Wildman–Crippen MR) is 98.5 cm³/mol. The van der Waals surface area contributed by atoms with E-state index in [0.29, 0.717) is 17.5 Å². The van der Waals surface area contributed by atoms with Crippen molar-refractivity contribution in [1.82, 2.24) is 14.5 Å². The van der Waals surface area contributed by atoms with E-state index in [1.165, 1.54) is 0 Å². The van der Waals surface area contributed by atoms with Gasteiger partial charge in [-0.3, -0.25) is 14.9 Å². The zero-order valence-corrected chi connectivity index (χ0v) is 15.5. The molecule has 7 heteroatoms. The number of benzene rings is 1. The minimum Gasteiger partial charge on any atom is -0.342 e. The van der Waals surface area contributed by atoms with Gasteiger partial charge in [0.2, 0.25) is 17.8 Å². The van der Waals surface area contributed by atoms with Gasteiger partial charge < -0.3 is 9.47 Å². The van der Waals surface area contributed by atoms with Gasteiger partial charge in [-0.05, 0) is 31.0 Å². The van der Waals surface area contributed by atoms with Crippen molar-refractivity contribution < 1.29 is 9.59 Å². The number of piperidine rings is 1. The predicted octanol–water partition coefficient (Wildman–Crippen LogP) is 3.06. The molecule has 6 nitrogen and oxygen atoms in total. The smallest absolute Gasteiger partial charge is 0.231 e. The molecule has 1 saturated heterocycles. The van der Waals surface area contributed by atoms with Gasteiger partial charge in [0.1, 0.15) is 0 Å². The number of amides is 2. The second kappa shape index (κ2) is 7.04. The fraction of sp³-hybridized carbons (Fsp3) is 0.500. The van der Waals surface area contributed by atoms with Gasteiger partial charge in [0.05, 0.1) is 17.0 Å². The van der Waals surface area contributed by atoms with Crippen LogP contribution in [0.15, 0.2) is 18.2 Å². The van der Waals surface area contributed by atoms with Crippen molar-refractivity contribution in [2.45, 2.75) is 26.7 Å². The normalized spacial score (nSPS) is 18.0. The fourth-order valence-electron chi connectivity index (χ4n) is 3.25. The number of likely N-dealkylation sites (tertiary alicyclic amines) is 1. The molecule has 1 aliphatic rings. The number of imidazole rings is 1. The number of fused-ring (bicyclic) bond motifs is 1. The second-order valence-electron chi connectivity index (χ2n) is 6.89. The molecule has 2 amide bonds. The van der Waals surface area contributed by atoms with Crippen LogP contribution in [0.2, 0.25) is 5.02 Å². The Morgan fingerprint density at radius 1 is 1.36 bits per heavy atom. The molecule has 0 radical (unpaired) electrons. The van der Waals surface area contributed by atoms with Gasteiger partial charge in [-0.15, -0.1) is 0 Å². The van der Waals surface area contributed by atoms with Crippen molar-refractivity contribution in [3.8, 4) is 0 Å². The molecule has 1 atom stereocenters. The molecule has 2 aromatic rings. The second-order valence-corrected chi connectivity index (χ2v) is 7.33.